The molecule has 4 rings (SSSR count). The Kier molecular flexibility index (Phi) is 7.07. The maximum atomic E-state index is 12.6. The molecule has 2 N–H and O–H groups in total. The zero-order valence-corrected chi connectivity index (χ0v) is 18.5. The molecule has 0 spiro atoms. The fraction of sp³-hybridized carbons (Fsp3) is 0.296. The minimum absolute atomic E-state index is 0.0261. The van der Waals surface area contributed by atoms with Gasteiger partial charge in [-0.15, -0.1) is 0 Å². The van der Waals surface area contributed by atoms with Crippen LogP contribution in [-0.2, 0) is 6.54 Å². The Bertz CT molecular complexity index is 1030. The van der Waals surface area contributed by atoms with Crippen LogP contribution in [0.5, 0.6) is 11.5 Å². The van der Waals surface area contributed by atoms with Crippen LogP contribution in [0, 0.1) is 5.92 Å². The molecule has 1 amide bonds. The van der Waals surface area contributed by atoms with Gasteiger partial charge in [-0.25, -0.2) is 0 Å². The van der Waals surface area contributed by atoms with Crippen molar-refractivity contribution in [2.75, 3.05) is 26.7 Å². The number of benzene rings is 3. The van der Waals surface area contributed by atoms with Crippen LogP contribution in [0.2, 0.25) is 0 Å². The number of hydrogen-bond acceptors (Lipinski definition) is 4. The number of amides is 1. The van der Waals surface area contributed by atoms with Crippen molar-refractivity contribution in [2.45, 2.75) is 19.4 Å². The average Bonchev–Trinajstić information content (AvgIpc) is 2.83. The lowest BCUT2D eigenvalue weighted by molar-refractivity contribution is 0.0930. The maximum Gasteiger partial charge on any atom is 0.251 e. The highest BCUT2D eigenvalue weighted by Gasteiger charge is 2.21. The summed E-state index contributed by atoms with van der Waals surface area (Å²) in [5, 5.41) is 13.1. The lowest BCUT2D eigenvalue weighted by atomic mass is 9.97. The minimum atomic E-state index is -0.0261. The Balaban J connectivity index is 1.29. The van der Waals surface area contributed by atoms with Gasteiger partial charge in [0.05, 0.1) is 7.11 Å². The number of phenols is 1. The normalized spacial score (nSPS) is 16.5. The average molecular weight is 431 g/mol. The molecule has 1 atom stereocenters. The summed E-state index contributed by atoms with van der Waals surface area (Å²) in [4.78, 5) is 15.0. The van der Waals surface area contributed by atoms with E-state index in [0.29, 0.717) is 23.8 Å². The van der Waals surface area contributed by atoms with Gasteiger partial charge in [0.15, 0.2) is 11.5 Å². The second kappa shape index (κ2) is 10.3. The first-order chi connectivity index (χ1) is 15.6. The van der Waals surface area contributed by atoms with Crippen molar-refractivity contribution in [3.63, 3.8) is 0 Å². The van der Waals surface area contributed by atoms with Crippen LogP contribution < -0.4 is 10.1 Å². The Morgan fingerprint density at radius 3 is 2.53 bits per heavy atom. The van der Waals surface area contributed by atoms with E-state index in [2.05, 4.69) is 22.3 Å². The molecule has 166 valence electrons. The van der Waals surface area contributed by atoms with Crippen molar-refractivity contribution >= 4 is 5.91 Å². The van der Waals surface area contributed by atoms with Gasteiger partial charge in [-0.2, -0.15) is 0 Å². The summed E-state index contributed by atoms with van der Waals surface area (Å²) in [7, 11) is 1.55. The van der Waals surface area contributed by atoms with Gasteiger partial charge in [0.25, 0.3) is 5.91 Å². The number of aromatic hydroxyl groups is 1. The van der Waals surface area contributed by atoms with Gasteiger partial charge in [-0.05, 0) is 66.3 Å². The number of methoxy groups -OCH3 is 1. The van der Waals surface area contributed by atoms with Gasteiger partial charge >= 0.3 is 0 Å². The third-order valence-electron chi connectivity index (χ3n) is 6.06. The Morgan fingerprint density at radius 2 is 1.81 bits per heavy atom. The van der Waals surface area contributed by atoms with Crippen LogP contribution in [0.25, 0.3) is 11.1 Å². The number of piperidine rings is 1. The zero-order valence-electron chi connectivity index (χ0n) is 18.5. The molecule has 3 aromatic rings. The number of likely N-dealkylation sites (tertiary alicyclic amines) is 1. The smallest absolute Gasteiger partial charge is 0.251 e. The number of rotatable bonds is 7. The van der Waals surface area contributed by atoms with E-state index in [1.807, 2.05) is 48.5 Å². The molecular weight excluding hydrogens is 400 g/mol. The monoisotopic (exact) mass is 430 g/mol. The van der Waals surface area contributed by atoms with Crippen molar-refractivity contribution in [2.24, 2.45) is 5.92 Å². The molecule has 1 saturated heterocycles. The third-order valence-corrected chi connectivity index (χ3v) is 6.06. The molecular formula is C27H30N2O3. The highest BCUT2D eigenvalue weighted by atomic mass is 16.5. The summed E-state index contributed by atoms with van der Waals surface area (Å²) in [5.41, 5.74) is 4.00. The van der Waals surface area contributed by atoms with Gasteiger partial charge in [0, 0.05) is 25.2 Å². The molecule has 5 nitrogen and oxygen atoms in total. The van der Waals surface area contributed by atoms with E-state index in [-0.39, 0.29) is 11.7 Å². The molecule has 1 aliphatic rings. The van der Waals surface area contributed by atoms with E-state index in [4.69, 9.17) is 4.74 Å². The maximum absolute atomic E-state index is 12.6. The van der Waals surface area contributed by atoms with Gasteiger partial charge < -0.3 is 15.2 Å². The molecule has 32 heavy (non-hydrogen) atoms. The third kappa shape index (κ3) is 5.48. The van der Waals surface area contributed by atoms with Crippen molar-refractivity contribution in [1.29, 1.82) is 0 Å². The van der Waals surface area contributed by atoms with E-state index in [0.717, 1.165) is 49.2 Å². The Morgan fingerprint density at radius 1 is 1.06 bits per heavy atom. The predicted molar refractivity (Wildman–Crippen MR) is 127 cm³/mol. The van der Waals surface area contributed by atoms with E-state index in [1.54, 1.807) is 19.2 Å². The summed E-state index contributed by atoms with van der Waals surface area (Å²) in [5.74, 6) is 1.05. The topological polar surface area (TPSA) is 61.8 Å². The Labute approximate surface area is 189 Å². The van der Waals surface area contributed by atoms with Crippen LogP contribution in [0.3, 0.4) is 0 Å². The van der Waals surface area contributed by atoms with Crippen LogP contribution in [0.15, 0.2) is 72.8 Å². The van der Waals surface area contributed by atoms with Crippen molar-refractivity contribution in [3.05, 3.63) is 83.9 Å². The number of ether oxygens (including phenoxy) is 1. The van der Waals surface area contributed by atoms with Crippen molar-refractivity contribution < 1.29 is 14.6 Å². The fourth-order valence-electron chi connectivity index (χ4n) is 4.34. The molecule has 1 heterocycles. The molecule has 3 aromatic carbocycles. The number of nitrogens with zero attached hydrogens (tertiary/aromatic N) is 1. The second-order valence-electron chi connectivity index (χ2n) is 8.40. The van der Waals surface area contributed by atoms with E-state index in [9.17, 15) is 9.90 Å². The molecule has 0 aromatic heterocycles. The number of phenolic OH excluding ortho intramolecular Hbond substituents is 1. The van der Waals surface area contributed by atoms with Crippen molar-refractivity contribution in [3.8, 4) is 22.6 Å². The first kappa shape index (κ1) is 21.9. The number of nitrogens with one attached hydrogen (secondary N) is 1. The summed E-state index contributed by atoms with van der Waals surface area (Å²) in [6.07, 6.45) is 2.21. The molecule has 0 saturated carbocycles. The van der Waals surface area contributed by atoms with Crippen LogP contribution in [0.1, 0.15) is 28.8 Å². The Hall–Kier alpha value is -3.31. The van der Waals surface area contributed by atoms with Crippen molar-refractivity contribution in [1.82, 2.24) is 10.2 Å². The van der Waals surface area contributed by atoms with E-state index in [1.165, 1.54) is 0 Å². The van der Waals surface area contributed by atoms with E-state index >= 15 is 0 Å². The minimum Gasteiger partial charge on any atom is -0.504 e. The summed E-state index contributed by atoms with van der Waals surface area (Å²) < 4.78 is 5.12. The summed E-state index contributed by atoms with van der Waals surface area (Å²) >= 11 is 0. The molecule has 5 heteroatoms. The molecule has 0 radical (unpaired) electrons. The van der Waals surface area contributed by atoms with Crippen LogP contribution >= 0.6 is 0 Å². The number of carbonyl (C=O) groups is 1. The van der Waals surface area contributed by atoms with E-state index < -0.39 is 0 Å². The standard InChI is InChI=1S/C27H30N2O3/c1-32-26-14-9-20(16-25(26)30)18-29-15-5-6-21(19-29)17-28-27(31)24-12-10-23(11-13-24)22-7-3-2-4-8-22/h2-4,7-14,16,21,30H,5-6,15,17-19H2,1H3,(H,28,31). The van der Waals surface area contributed by atoms with Gasteiger partial charge in [-0.3, -0.25) is 9.69 Å². The molecule has 1 fully saturated rings. The summed E-state index contributed by atoms with van der Waals surface area (Å²) in [6, 6.07) is 23.5. The first-order valence-corrected chi connectivity index (χ1v) is 11.1. The van der Waals surface area contributed by atoms with Gasteiger partial charge in [0.2, 0.25) is 0 Å². The first-order valence-electron chi connectivity index (χ1n) is 11.1. The lowest BCUT2D eigenvalue weighted by Gasteiger charge is -2.33. The second-order valence-corrected chi connectivity index (χ2v) is 8.40. The van der Waals surface area contributed by atoms with Crippen LogP contribution in [0.4, 0.5) is 0 Å². The molecule has 0 aliphatic carbocycles. The number of carbonyl (C=O) groups excluding carboxylic acids is 1. The van der Waals surface area contributed by atoms with Gasteiger partial charge in [0.1, 0.15) is 0 Å². The largest absolute Gasteiger partial charge is 0.504 e. The summed E-state index contributed by atoms with van der Waals surface area (Å²) in [6.45, 7) is 3.41. The highest BCUT2D eigenvalue weighted by Crippen LogP contribution is 2.27. The number of hydrogen-bond donors (Lipinski definition) is 2. The lowest BCUT2D eigenvalue weighted by Crippen LogP contribution is -2.40. The quantitative estimate of drug-likeness (QED) is 0.570. The highest BCUT2D eigenvalue weighted by molar-refractivity contribution is 5.94. The predicted octanol–water partition coefficient (Wildman–Crippen LogP) is 4.71. The van der Waals surface area contributed by atoms with Gasteiger partial charge in [-0.1, -0.05) is 48.5 Å². The molecule has 1 unspecified atom stereocenters. The fourth-order valence-corrected chi connectivity index (χ4v) is 4.34. The molecule has 0 bridgehead atoms. The van der Waals surface area contributed by atoms with Crippen LogP contribution in [-0.4, -0.2) is 42.7 Å². The zero-order chi connectivity index (χ0) is 22.3. The molecule has 1 aliphatic heterocycles. The SMILES string of the molecule is COc1ccc(CN2CCCC(CNC(=O)c3ccc(-c4ccccc4)cc3)C2)cc1O.